The van der Waals surface area contributed by atoms with Gasteiger partial charge in [0, 0.05) is 31.6 Å². The zero-order valence-electron chi connectivity index (χ0n) is 10.5. The number of hydrogen-bond donors (Lipinski definition) is 1. The van der Waals surface area contributed by atoms with Gasteiger partial charge in [0.1, 0.15) is 17.7 Å². The van der Waals surface area contributed by atoms with Crippen LogP contribution in [0, 0.1) is 5.82 Å². The van der Waals surface area contributed by atoms with Crippen molar-refractivity contribution in [2.24, 2.45) is 0 Å². The first-order valence-electron chi connectivity index (χ1n) is 6.75. The van der Waals surface area contributed by atoms with Crippen LogP contribution < -0.4 is 10.2 Å². The number of piperidine rings is 1. The molecule has 1 aromatic rings. The van der Waals surface area contributed by atoms with Crippen molar-refractivity contribution >= 4 is 0 Å². The van der Waals surface area contributed by atoms with Crippen molar-refractivity contribution < 1.29 is 9.13 Å². The average Bonchev–Trinajstić information content (AvgIpc) is 2.79. The highest BCUT2D eigenvalue weighted by Gasteiger charge is 2.23. The molecule has 0 bridgehead atoms. The van der Waals surface area contributed by atoms with Gasteiger partial charge in [-0.15, -0.1) is 0 Å². The fourth-order valence-corrected chi connectivity index (χ4v) is 2.69. The van der Waals surface area contributed by atoms with Crippen LogP contribution in [0.2, 0.25) is 0 Å². The molecule has 1 saturated heterocycles. The van der Waals surface area contributed by atoms with Crippen LogP contribution in [0.1, 0.15) is 24.8 Å². The molecule has 4 heteroatoms. The molecule has 0 amide bonds. The van der Waals surface area contributed by atoms with Crippen LogP contribution in [0.25, 0.3) is 0 Å². The number of nitrogens with zero attached hydrogens (tertiary/aromatic N) is 1. The summed E-state index contributed by atoms with van der Waals surface area (Å²) in [5, 5.41) is 2.27. The number of nitrogens with one attached hydrogen (secondary N) is 1. The SMILES string of the molecule is Fc1ccc2c(c1)CC(CNN1CCCCC1)O2. The molecular weight excluding hydrogens is 231 g/mol. The molecule has 18 heavy (non-hydrogen) atoms. The van der Waals surface area contributed by atoms with Crippen molar-refractivity contribution in [3.05, 3.63) is 29.6 Å². The first-order valence-corrected chi connectivity index (χ1v) is 6.75. The van der Waals surface area contributed by atoms with E-state index in [9.17, 15) is 4.39 Å². The van der Waals surface area contributed by atoms with E-state index in [1.807, 2.05) is 0 Å². The van der Waals surface area contributed by atoms with E-state index in [-0.39, 0.29) is 11.9 Å². The Morgan fingerprint density at radius 1 is 1.28 bits per heavy atom. The van der Waals surface area contributed by atoms with E-state index >= 15 is 0 Å². The molecule has 0 aliphatic carbocycles. The van der Waals surface area contributed by atoms with Gasteiger partial charge in [-0.1, -0.05) is 6.42 Å². The number of fused-ring (bicyclic) bond motifs is 1. The predicted molar refractivity (Wildman–Crippen MR) is 67.9 cm³/mol. The summed E-state index contributed by atoms with van der Waals surface area (Å²) in [6.07, 6.45) is 4.80. The van der Waals surface area contributed by atoms with Crippen molar-refractivity contribution in [2.45, 2.75) is 31.8 Å². The summed E-state index contributed by atoms with van der Waals surface area (Å²) in [7, 11) is 0. The summed E-state index contributed by atoms with van der Waals surface area (Å²) >= 11 is 0. The van der Waals surface area contributed by atoms with Gasteiger partial charge in [0.05, 0.1) is 0 Å². The molecule has 2 aliphatic rings. The highest BCUT2D eigenvalue weighted by molar-refractivity contribution is 5.37. The number of hydrogen-bond acceptors (Lipinski definition) is 3. The number of halogens is 1. The molecule has 0 aromatic heterocycles. The van der Waals surface area contributed by atoms with Gasteiger partial charge in [-0.2, -0.15) is 0 Å². The van der Waals surface area contributed by atoms with Crippen LogP contribution in [0.4, 0.5) is 4.39 Å². The van der Waals surface area contributed by atoms with Gasteiger partial charge in [-0.05, 0) is 31.0 Å². The summed E-state index contributed by atoms with van der Waals surface area (Å²) in [6, 6.07) is 4.76. The maximum absolute atomic E-state index is 13.1. The molecule has 0 saturated carbocycles. The number of ether oxygens (including phenoxy) is 1. The molecule has 3 nitrogen and oxygen atoms in total. The van der Waals surface area contributed by atoms with Gasteiger partial charge >= 0.3 is 0 Å². The third-order valence-electron chi connectivity index (χ3n) is 3.66. The molecule has 3 rings (SSSR count). The second-order valence-electron chi connectivity index (χ2n) is 5.11. The highest BCUT2D eigenvalue weighted by atomic mass is 19.1. The smallest absolute Gasteiger partial charge is 0.123 e. The van der Waals surface area contributed by atoms with E-state index in [1.54, 1.807) is 12.1 Å². The molecule has 1 N–H and O–H groups in total. The monoisotopic (exact) mass is 250 g/mol. The summed E-state index contributed by atoms with van der Waals surface area (Å²) in [5.74, 6) is 0.656. The van der Waals surface area contributed by atoms with E-state index in [2.05, 4.69) is 10.4 Å². The molecule has 98 valence electrons. The minimum atomic E-state index is -0.179. The fraction of sp³-hybridized carbons (Fsp3) is 0.571. The summed E-state index contributed by atoms with van der Waals surface area (Å²) in [6.45, 7) is 3.04. The van der Waals surface area contributed by atoms with Crippen molar-refractivity contribution in [1.82, 2.24) is 10.4 Å². The largest absolute Gasteiger partial charge is 0.488 e. The topological polar surface area (TPSA) is 24.5 Å². The minimum absolute atomic E-state index is 0.128. The Hall–Kier alpha value is -1.13. The van der Waals surface area contributed by atoms with Crippen molar-refractivity contribution in [3.8, 4) is 5.75 Å². The summed E-state index contributed by atoms with van der Waals surface area (Å²) in [5.41, 5.74) is 4.41. The molecule has 1 unspecified atom stereocenters. The Kier molecular flexibility index (Phi) is 3.48. The van der Waals surface area contributed by atoms with Gasteiger partial charge in [0.15, 0.2) is 0 Å². The van der Waals surface area contributed by atoms with Gasteiger partial charge < -0.3 is 4.74 Å². The maximum atomic E-state index is 13.1. The molecule has 2 heterocycles. The summed E-state index contributed by atoms with van der Waals surface area (Å²) in [4.78, 5) is 0. The van der Waals surface area contributed by atoms with Gasteiger partial charge in [-0.25, -0.2) is 9.40 Å². The Morgan fingerprint density at radius 2 is 2.11 bits per heavy atom. The molecule has 1 fully saturated rings. The Morgan fingerprint density at radius 3 is 2.94 bits per heavy atom. The first-order chi connectivity index (χ1) is 8.81. The standard InChI is InChI=1S/C14H19FN2O/c15-12-4-5-14-11(8-12)9-13(18-14)10-16-17-6-2-1-3-7-17/h4-5,8,13,16H,1-3,6-7,9-10H2. The summed E-state index contributed by atoms with van der Waals surface area (Å²) < 4.78 is 18.9. The van der Waals surface area contributed by atoms with E-state index in [0.29, 0.717) is 0 Å². The van der Waals surface area contributed by atoms with Crippen molar-refractivity contribution in [1.29, 1.82) is 0 Å². The normalized spacial score (nSPS) is 23.7. The van der Waals surface area contributed by atoms with Crippen LogP contribution in [0.5, 0.6) is 5.75 Å². The number of benzene rings is 1. The lowest BCUT2D eigenvalue weighted by atomic mass is 10.1. The second kappa shape index (κ2) is 5.24. The molecule has 0 radical (unpaired) electrons. The fourth-order valence-electron chi connectivity index (χ4n) is 2.69. The number of rotatable bonds is 3. The maximum Gasteiger partial charge on any atom is 0.123 e. The van der Waals surface area contributed by atoms with Crippen LogP contribution in [0.3, 0.4) is 0 Å². The first kappa shape index (κ1) is 11.9. The van der Waals surface area contributed by atoms with Crippen LogP contribution >= 0.6 is 0 Å². The number of hydrazine groups is 1. The average molecular weight is 250 g/mol. The van der Waals surface area contributed by atoms with Crippen LogP contribution in [0.15, 0.2) is 18.2 Å². The zero-order valence-corrected chi connectivity index (χ0v) is 10.5. The molecule has 0 spiro atoms. The van der Waals surface area contributed by atoms with Crippen LogP contribution in [-0.2, 0) is 6.42 Å². The van der Waals surface area contributed by atoms with Crippen LogP contribution in [-0.4, -0.2) is 30.7 Å². The van der Waals surface area contributed by atoms with Gasteiger partial charge in [-0.3, -0.25) is 5.43 Å². The lowest BCUT2D eigenvalue weighted by molar-refractivity contribution is 0.119. The van der Waals surface area contributed by atoms with Gasteiger partial charge in [0.2, 0.25) is 0 Å². The third-order valence-corrected chi connectivity index (χ3v) is 3.66. The van der Waals surface area contributed by atoms with E-state index in [1.165, 1.54) is 25.3 Å². The van der Waals surface area contributed by atoms with Gasteiger partial charge in [0.25, 0.3) is 0 Å². The second-order valence-corrected chi connectivity index (χ2v) is 5.11. The molecule has 1 atom stereocenters. The predicted octanol–water partition coefficient (Wildman–Crippen LogP) is 2.12. The zero-order chi connectivity index (χ0) is 12.4. The highest BCUT2D eigenvalue weighted by Crippen LogP contribution is 2.28. The lowest BCUT2D eigenvalue weighted by Crippen LogP contribution is -2.45. The third kappa shape index (κ3) is 2.65. The quantitative estimate of drug-likeness (QED) is 0.889. The van der Waals surface area contributed by atoms with Crippen molar-refractivity contribution in [2.75, 3.05) is 19.6 Å². The lowest BCUT2D eigenvalue weighted by Gasteiger charge is -2.28. The minimum Gasteiger partial charge on any atom is -0.488 e. The van der Waals surface area contributed by atoms with Crippen molar-refractivity contribution in [3.63, 3.8) is 0 Å². The molecule has 2 aliphatic heterocycles. The Balaban J connectivity index is 1.51. The van der Waals surface area contributed by atoms with E-state index in [0.717, 1.165) is 37.4 Å². The molecular formula is C14H19FN2O. The Bertz CT molecular complexity index is 418. The molecule has 1 aromatic carbocycles. The Labute approximate surface area is 107 Å². The van der Waals surface area contributed by atoms with E-state index in [4.69, 9.17) is 4.74 Å². The van der Waals surface area contributed by atoms with E-state index < -0.39 is 0 Å².